The van der Waals surface area contributed by atoms with Gasteiger partial charge in [-0.25, -0.2) is 9.69 Å². The summed E-state index contributed by atoms with van der Waals surface area (Å²) in [5.41, 5.74) is 2.87. The lowest BCUT2D eigenvalue weighted by atomic mass is 10.0. The molecule has 0 N–H and O–H groups in total. The smallest absolute Gasteiger partial charge is 0.336 e. The molecule has 0 fully saturated rings. The molecule has 2 amide bonds. The molecule has 0 atom stereocenters. The number of hydrogen-bond acceptors (Lipinski definition) is 5. The number of carbonyl (C=O) groups excluding carboxylic acids is 2. The number of fused-ring (bicyclic) bond motifs is 4. The minimum atomic E-state index is -0.478. The fourth-order valence-electron chi connectivity index (χ4n) is 3.71. The summed E-state index contributed by atoms with van der Waals surface area (Å²) in [4.78, 5) is 38.9. The number of rotatable bonds is 1. The van der Waals surface area contributed by atoms with Gasteiger partial charge >= 0.3 is 5.63 Å². The molecular formula is C21H13NO5. The summed E-state index contributed by atoms with van der Waals surface area (Å²) in [5.74, 6) is -0.788. The number of anilines is 1. The molecule has 0 radical (unpaired) electrons. The van der Waals surface area contributed by atoms with Crippen LogP contribution in [0.25, 0.3) is 21.9 Å². The van der Waals surface area contributed by atoms with Crippen LogP contribution in [0.4, 0.5) is 5.69 Å². The number of benzene rings is 2. The van der Waals surface area contributed by atoms with Crippen molar-refractivity contribution >= 4 is 39.4 Å². The predicted molar refractivity (Wildman–Crippen MR) is 99.3 cm³/mol. The van der Waals surface area contributed by atoms with Crippen molar-refractivity contribution in [2.45, 2.75) is 13.8 Å². The van der Waals surface area contributed by atoms with Gasteiger partial charge in [0, 0.05) is 11.5 Å². The summed E-state index contributed by atoms with van der Waals surface area (Å²) < 4.78 is 11.0. The summed E-state index contributed by atoms with van der Waals surface area (Å²) in [6, 6.07) is 9.79. The summed E-state index contributed by atoms with van der Waals surface area (Å²) in [5, 5.41) is 1.18. The van der Waals surface area contributed by atoms with Crippen molar-refractivity contribution in [3.8, 4) is 0 Å². The number of carbonyl (C=O) groups is 2. The highest BCUT2D eigenvalue weighted by Crippen LogP contribution is 2.41. The van der Waals surface area contributed by atoms with Crippen molar-refractivity contribution in [2.75, 3.05) is 4.90 Å². The third-order valence-corrected chi connectivity index (χ3v) is 4.98. The third kappa shape index (κ3) is 1.98. The molecule has 0 unspecified atom stereocenters. The summed E-state index contributed by atoms with van der Waals surface area (Å²) in [7, 11) is 0. The topological polar surface area (TPSA) is 80.7 Å². The highest BCUT2D eigenvalue weighted by atomic mass is 16.4. The Kier molecular flexibility index (Phi) is 2.98. The Morgan fingerprint density at radius 2 is 1.59 bits per heavy atom. The van der Waals surface area contributed by atoms with E-state index in [0.29, 0.717) is 44.3 Å². The Morgan fingerprint density at radius 3 is 2.41 bits per heavy atom. The molecule has 0 saturated carbocycles. The van der Waals surface area contributed by atoms with Crippen LogP contribution in [0.3, 0.4) is 0 Å². The van der Waals surface area contributed by atoms with Crippen LogP contribution in [0.2, 0.25) is 0 Å². The van der Waals surface area contributed by atoms with Gasteiger partial charge in [-0.15, -0.1) is 0 Å². The Morgan fingerprint density at radius 1 is 0.815 bits per heavy atom. The monoisotopic (exact) mass is 359 g/mol. The molecular weight excluding hydrogens is 346 g/mol. The van der Waals surface area contributed by atoms with Gasteiger partial charge in [-0.05, 0) is 43.7 Å². The first-order valence-electron chi connectivity index (χ1n) is 8.40. The van der Waals surface area contributed by atoms with E-state index >= 15 is 0 Å². The molecule has 3 heterocycles. The van der Waals surface area contributed by atoms with Crippen molar-refractivity contribution in [3.05, 3.63) is 75.3 Å². The second kappa shape index (κ2) is 5.17. The molecule has 6 nitrogen and oxygen atoms in total. The van der Waals surface area contributed by atoms with E-state index in [1.165, 1.54) is 12.3 Å². The highest BCUT2D eigenvalue weighted by molar-refractivity contribution is 6.36. The Labute approximate surface area is 152 Å². The predicted octanol–water partition coefficient (Wildman–Crippen LogP) is 3.96. The van der Waals surface area contributed by atoms with E-state index in [2.05, 4.69) is 0 Å². The third-order valence-electron chi connectivity index (χ3n) is 4.98. The van der Waals surface area contributed by atoms with Crippen molar-refractivity contribution in [1.82, 2.24) is 0 Å². The number of imide groups is 1. The van der Waals surface area contributed by atoms with E-state index < -0.39 is 17.4 Å². The van der Waals surface area contributed by atoms with Crippen LogP contribution < -0.4 is 10.5 Å². The van der Waals surface area contributed by atoms with Crippen LogP contribution in [0.1, 0.15) is 31.8 Å². The first kappa shape index (κ1) is 15.6. The second-order valence-electron chi connectivity index (χ2n) is 6.63. The van der Waals surface area contributed by atoms with Gasteiger partial charge in [0.2, 0.25) is 0 Å². The summed E-state index contributed by atoms with van der Waals surface area (Å²) >= 11 is 0. The SMILES string of the molecule is Cc1ccc2c(c1)C(=O)N(c1c(C)c3ccc(=O)oc3c3ccoc13)C2=O. The van der Waals surface area contributed by atoms with E-state index in [1.54, 1.807) is 37.3 Å². The van der Waals surface area contributed by atoms with Crippen LogP contribution in [0.15, 0.2) is 56.3 Å². The van der Waals surface area contributed by atoms with Gasteiger partial charge in [0.1, 0.15) is 5.58 Å². The standard InChI is InChI=1S/C21H13NO5/c1-10-3-4-13-15(9-10)21(25)22(20(13)24)17-11(2)12-5-6-16(23)27-18(12)14-7-8-26-19(14)17/h3-9H,1-2H3. The molecule has 4 aromatic rings. The van der Waals surface area contributed by atoms with Crippen molar-refractivity contribution in [3.63, 3.8) is 0 Å². The van der Waals surface area contributed by atoms with Crippen LogP contribution in [-0.2, 0) is 0 Å². The van der Waals surface area contributed by atoms with E-state index in [0.717, 1.165) is 10.5 Å². The molecule has 1 aliphatic rings. The summed E-state index contributed by atoms with van der Waals surface area (Å²) in [6.07, 6.45) is 1.45. The van der Waals surface area contributed by atoms with Gasteiger partial charge in [0.25, 0.3) is 11.8 Å². The zero-order valence-electron chi connectivity index (χ0n) is 14.5. The zero-order chi connectivity index (χ0) is 18.9. The maximum atomic E-state index is 13.1. The first-order valence-corrected chi connectivity index (χ1v) is 8.40. The van der Waals surface area contributed by atoms with Gasteiger partial charge in [-0.3, -0.25) is 9.59 Å². The molecule has 27 heavy (non-hydrogen) atoms. The molecule has 132 valence electrons. The molecule has 6 heteroatoms. The Hall–Kier alpha value is -3.67. The molecule has 0 saturated heterocycles. The lowest BCUT2D eigenvalue weighted by Crippen LogP contribution is -2.30. The number of amides is 2. The lowest BCUT2D eigenvalue weighted by Gasteiger charge is -2.18. The highest BCUT2D eigenvalue weighted by Gasteiger charge is 2.39. The van der Waals surface area contributed by atoms with E-state index in [-0.39, 0.29) is 0 Å². The molecule has 0 aliphatic carbocycles. The zero-order valence-corrected chi connectivity index (χ0v) is 14.5. The van der Waals surface area contributed by atoms with Crippen LogP contribution >= 0.6 is 0 Å². The second-order valence-corrected chi connectivity index (χ2v) is 6.63. The van der Waals surface area contributed by atoms with Gasteiger partial charge < -0.3 is 8.83 Å². The fraction of sp³-hybridized carbons (Fsp3) is 0.0952. The lowest BCUT2D eigenvalue weighted by molar-refractivity contribution is 0.0926. The van der Waals surface area contributed by atoms with Crippen molar-refractivity contribution in [2.24, 2.45) is 0 Å². The van der Waals surface area contributed by atoms with E-state index in [1.807, 2.05) is 6.92 Å². The Balaban J connectivity index is 1.86. The maximum absolute atomic E-state index is 13.1. The molecule has 2 aromatic carbocycles. The van der Waals surface area contributed by atoms with Gasteiger partial charge in [-0.1, -0.05) is 11.6 Å². The number of nitrogens with zero attached hydrogens (tertiary/aromatic N) is 1. The number of aryl methyl sites for hydroxylation is 2. The molecule has 2 aromatic heterocycles. The quantitative estimate of drug-likeness (QED) is 0.380. The Bertz CT molecular complexity index is 1360. The molecule has 0 bridgehead atoms. The van der Waals surface area contributed by atoms with Crippen molar-refractivity contribution < 1.29 is 18.4 Å². The first-order chi connectivity index (χ1) is 13.0. The molecule has 0 spiro atoms. The maximum Gasteiger partial charge on any atom is 0.336 e. The van der Waals surface area contributed by atoms with Gasteiger partial charge in [0.15, 0.2) is 5.58 Å². The van der Waals surface area contributed by atoms with E-state index in [9.17, 15) is 14.4 Å². The average molecular weight is 359 g/mol. The fourth-order valence-corrected chi connectivity index (χ4v) is 3.71. The number of furan rings is 1. The van der Waals surface area contributed by atoms with E-state index in [4.69, 9.17) is 8.83 Å². The van der Waals surface area contributed by atoms with Gasteiger partial charge in [-0.2, -0.15) is 0 Å². The normalized spacial score (nSPS) is 13.8. The minimum Gasteiger partial charge on any atom is -0.462 e. The van der Waals surface area contributed by atoms with Crippen LogP contribution in [0.5, 0.6) is 0 Å². The average Bonchev–Trinajstić information content (AvgIpc) is 3.21. The molecule has 5 rings (SSSR count). The van der Waals surface area contributed by atoms with Gasteiger partial charge in [0.05, 0.1) is 28.5 Å². The van der Waals surface area contributed by atoms with Crippen molar-refractivity contribution in [1.29, 1.82) is 0 Å². The van der Waals surface area contributed by atoms with Crippen LogP contribution in [-0.4, -0.2) is 11.8 Å². The largest absolute Gasteiger partial charge is 0.462 e. The summed E-state index contributed by atoms with van der Waals surface area (Å²) in [6.45, 7) is 3.64. The molecule has 1 aliphatic heterocycles. The minimum absolute atomic E-state index is 0.334. The van der Waals surface area contributed by atoms with Crippen LogP contribution in [0, 0.1) is 13.8 Å². The number of hydrogen-bond donors (Lipinski definition) is 0.